The fraction of sp³-hybridized carbons (Fsp3) is 0.556. The number of carbonyl (C=O) groups is 2. The van der Waals surface area contributed by atoms with E-state index in [1.54, 1.807) is 12.0 Å². The Morgan fingerprint density at radius 2 is 2.12 bits per heavy atom. The summed E-state index contributed by atoms with van der Waals surface area (Å²) >= 11 is 0. The third-order valence-electron chi connectivity index (χ3n) is 4.17. The van der Waals surface area contributed by atoms with E-state index in [1.807, 2.05) is 18.2 Å². The second kappa shape index (κ2) is 8.57. The first-order valence-corrected chi connectivity index (χ1v) is 8.35. The highest BCUT2D eigenvalue weighted by Gasteiger charge is 2.34. The van der Waals surface area contributed by atoms with Crippen molar-refractivity contribution in [3.8, 4) is 11.5 Å². The van der Waals surface area contributed by atoms with Crippen LogP contribution in [0.5, 0.6) is 11.5 Å². The zero-order valence-electron chi connectivity index (χ0n) is 14.3. The topological polar surface area (TPSA) is 76.1 Å². The molecule has 1 amide bonds. The number of amides is 1. The Hall–Kier alpha value is -2.24. The maximum atomic E-state index is 11.9. The molecule has 24 heavy (non-hydrogen) atoms. The van der Waals surface area contributed by atoms with Crippen molar-refractivity contribution < 1.29 is 24.2 Å². The molecule has 1 fully saturated rings. The number of hydrogen-bond donors (Lipinski definition) is 1. The summed E-state index contributed by atoms with van der Waals surface area (Å²) < 4.78 is 11.1. The molecule has 6 nitrogen and oxygen atoms in total. The summed E-state index contributed by atoms with van der Waals surface area (Å²) in [4.78, 5) is 24.5. The molecule has 1 aliphatic rings. The molecule has 1 aromatic carbocycles. The fourth-order valence-corrected chi connectivity index (χ4v) is 2.77. The summed E-state index contributed by atoms with van der Waals surface area (Å²) in [7, 11) is 1.58. The highest BCUT2D eigenvalue weighted by atomic mass is 16.5. The van der Waals surface area contributed by atoms with Crippen LogP contribution in [0.4, 0.5) is 0 Å². The Labute approximate surface area is 142 Å². The van der Waals surface area contributed by atoms with Crippen molar-refractivity contribution in [2.45, 2.75) is 39.2 Å². The Kier molecular flexibility index (Phi) is 6.46. The number of methoxy groups -OCH3 is 1. The molecule has 0 spiro atoms. The summed E-state index contributed by atoms with van der Waals surface area (Å²) in [5.74, 6) is -0.333. The summed E-state index contributed by atoms with van der Waals surface area (Å²) in [5, 5.41) is 9.04. The highest BCUT2D eigenvalue weighted by Crippen LogP contribution is 2.30. The number of carboxylic acid groups (broad SMARTS) is 1. The third-order valence-corrected chi connectivity index (χ3v) is 4.17. The zero-order valence-corrected chi connectivity index (χ0v) is 14.3. The summed E-state index contributed by atoms with van der Waals surface area (Å²) in [6.45, 7) is 3.43. The Morgan fingerprint density at radius 1 is 1.33 bits per heavy atom. The van der Waals surface area contributed by atoms with E-state index in [-0.39, 0.29) is 18.9 Å². The van der Waals surface area contributed by atoms with Crippen LogP contribution in [-0.2, 0) is 16.1 Å². The van der Waals surface area contributed by atoms with Crippen molar-refractivity contribution in [1.82, 2.24) is 4.90 Å². The molecule has 0 aliphatic carbocycles. The van der Waals surface area contributed by atoms with Gasteiger partial charge in [-0.15, -0.1) is 0 Å². The summed E-state index contributed by atoms with van der Waals surface area (Å²) in [5.41, 5.74) is 0.896. The van der Waals surface area contributed by atoms with E-state index in [0.717, 1.165) is 24.8 Å². The van der Waals surface area contributed by atoms with Crippen molar-refractivity contribution in [1.29, 1.82) is 0 Å². The van der Waals surface area contributed by atoms with E-state index in [4.69, 9.17) is 14.6 Å². The van der Waals surface area contributed by atoms with Crippen LogP contribution >= 0.6 is 0 Å². The average molecular weight is 335 g/mol. The predicted octanol–water partition coefficient (Wildman–Crippen LogP) is 2.70. The van der Waals surface area contributed by atoms with Crippen LogP contribution in [0.25, 0.3) is 0 Å². The fourth-order valence-electron chi connectivity index (χ4n) is 2.77. The third kappa shape index (κ3) is 4.63. The lowest BCUT2D eigenvalue weighted by Crippen LogP contribution is -2.25. The monoisotopic (exact) mass is 335 g/mol. The Balaban J connectivity index is 1.99. The number of nitrogens with zero attached hydrogens (tertiary/aromatic N) is 1. The van der Waals surface area contributed by atoms with Gasteiger partial charge in [-0.3, -0.25) is 9.59 Å². The van der Waals surface area contributed by atoms with Crippen molar-refractivity contribution >= 4 is 11.9 Å². The van der Waals surface area contributed by atoms with Crippen LogP contribution in [0, 0.1) is 5.92 Å². The van der Waals surface area contributed by atoms with Crippen LogP contribution in [-0.4, -0.2) is 42.1 Å². The first kappa shape index (κ1) is 18.1. The van der Waals surface area contributed by atoms with Crippen LogP contribution in [0.15, 0.2) is 18.2 Å². The van der Waals surface area contributed by atoms with Gasteiger partial charge >= 0.3 is 5.97 Å². The minimum atomic E-state index is -0.917. The number of aliphatic carboxylic acids is 1. The highest BCUT2D eigenvalue weighted by molar-refractivity contribution is 5.86. The molecular weight excluding hydrogens is 310 g/mol. The van der Waals surface area contributed by atoms with Gasteiger partial charge in [-0.1, -0.05) is 25.8 Å². The van der Waals surface area contributed by atoms with E-state index in [2.05, 4.69) is 6.92 Å². The molecule has 132 valence electrons. The van der Waals surface area contributed by atoms with Crippen molar-refractivity contribution in [2.75, 3.05) is 20.3 Å². The molecular formula is C18H25NO5. The van der Waals surface area contributed by atoms with Crippen molar-refractivity contribution in [2.24, 2.45) is 5.92 Å². The Bertz CT molecular complexity index is 587. The van der Waals surface area contributed by atoms with E-state index in [1.165, 1.54) is 0 Å². The molecule has 0 saturated carbocycles. The molecule has 1 atom stereocenters. The molecule has 0 unspecified atom stereocenters. The second-order valence-corrected chi connectivity index (χ2v) is 6.05. The van der Waals surface area contributed by atoms with Gasteiger partial charge in [0, 0.05) is 19.5 Å². The smallest absolute Gasteiger partial charge is 0.308 e. The predicted molar refractivity (Wildman–Crippen MR) is 89.2 cm³/mol. The van der Waals surface area contributed by atoms with E-state index in [9.17, 15) is 9.59 Å². The molecule has 2 rings (SSSR count). The minimum absolute atomic E-state index is 0.0745. The maximum absolute atomic E-state index is 11.9. The minimum Gasteiger partial charge on any atom is -0.493 e. The maximum Gasteiger partial charge on any atom is 0.308 e. The van der Waals surface area contributed by atoms with E-state index < -0.39 is 11.9 Å². The van der Waals surface area contributed by atoms with Gasteiger partial charge in [-0.25, -0.2) is 0 Å². The quantitative estimate of drug-likeness (QED) is 0.702. The van der Waals surface area contributed by atoms with E-state index >= 15 is 0 Å². The Morgan fingerprint density at radius 3 is 2.75 bits per heavy atom. The largest absolute Gasteiger partial charge is 0.493 e. The van der Waals surface area contributed by atoms with Crippen molar-refractivity contribution in [3.05, 3.63) is 23.8 Å². The standard InChI is InChI=1S/C18H25NO5/c1-3-4-5-8-24-15-7-6-13(9-16(15)23-2)11-19-12-14(18(21)22)10-17(19)20/h6-7,9,14H,3-5,8,10-12H2,1-2H3,(H,21,22)/t14-/m1/s1. The SMILES string of the molecule is CCCCCOc1ccc(CN2C[C@H](C(=O)O)CC2=O)cc1OC. The average Bonchev–Trinajstić information content (AvgIpc) is 2.93. The first-order valence-electron chi connectivity index (χ1n) is 8.35. The number of likely N-dealkylation sites (tertiary alicyclic amines) is 1. The summed E-state index contributed by atoms with van der Waals surface area (Å²) in [6.07, 6.45) is 3.34. The van der Waals surface area contributed by atoms with Crippen molar-refractivity contribution in [3.63, 3.8) is 0 Å². The molecule has 0 bridgehead atoms. The molecule has 6 heteroatoms. The molecule has 0 aromatic heterocycles. The number of hydrogen-bond acceptors (Lipinski definition) is 4. The van der Waals surface area contributed by atoms with Gasteiger partial charge in [0.1, 0.15) is 0 Å². The van der Waals surface area contributed by atoms with Gasteiger partial charge in [0.15, 0.2) is 11.5 Å². The number of carbonyl (C=O) groups excluding carboxylic acids is 1. The number of ether oxygens (including phenoxy) is 2. The lowest BCUT2D eigenvalue weighted by Gasteiger charge is -2.17. The zero-order chi connectivity index (χ0) is 17.5. The molecule has 0 radical (unpaired) electrons. The molecule has 1 aliphatic heterocycles. The van der Waals surface area contributed by atoms with E-state index in [0.29, 0.717) is 24.7 Å². The van der Waals surface area contributed by atoms with Gasteiger partial charge in [0.2, 0.25) is 5.91 Å². The van der Waals surface area contributed by atoms with Crippen LogP contribution in [0.2, 0.25) is 0 Å². The van der Waals surface area contributed by atoms with Crippen LogP contribution < -0.4 is 9.47 Å². The number of rotatable bonds is 9. The van der Waals surface area contributed by atoms with Crippen LogP contribution in [0.1, 0.15) is 38.2 Å². The van der Waals surface area contributed by atoms with Crippen LogP contribution in [0.3, 0.4) is 0 Å². The van der Waals surface area contributed by atoms with Gasteiger partial charge < -0.3 is 19.5 Å². The normalized spacial score (nSPS) is 17.2. The summed E-state index contributed by atoms with van der Waals surface area (Å²) in [6, 6.07) is 5.57. The lowest BCUT2D eigenvalue weighted by molar-refractivity contribution is -0.141. The van der Waals surface area contributed by atoms with Gasteiger partial charge in [0.05, 0.1) is 19.6 Å². The van der Waals surface area contributed by atoms with Gasteiger partial charge in [0.25, 0.3) is 0 Å². The number of unbranched alkanes of at least 4 members (excludes halogenated alkanes) is 2. The second-order valence-electron chi connectivity index (χ2n) is 6.05. The lowest BCUT2D eigenvalue weighted by atomic mass is 10.1. The molecule has 1 saturated heterocycles. The molecule has 1 aromatic rings. The first-order chi connectivity index (χ1) is 11.5. The number of benzene rings is 1. The van der Waals surface area contributed by atoms with Gasteiger partial charge in [-0.05, 0) is 24.1 Å². The number of carboxylic acids is 1. The molecule has 1 heterocycles. The van der Waals surface area contributed by atoms with Gasteiger partial charge in [-0.2, -0.15) is 0 Å². The molecule has 1 N–H and O–H groups in total.